The van der Waals surface area contributed by atoms with Crippen LogP contribution in [0.1, 0.15) is 25.1 Å². The Labute approximate surface area is 81.7 Å². The summed E-state index contributed by atoms with van der Waals surface area (Å²) >= 11 is 1.59. The second kappa shape index (κ2) is 5.99. The van der Waals surface area contributed by atoms with E-state index in [0.29, 0.717) is 17.4 Å². The molecule has 0 radical (unpaired) electrons. The summed E-state index contributed by atoms with van der Waals surface area (Å²) in [6.07, 6.45) is 1.90. The largest absolute Gasteiger partial charge is 0.396 e. The minimum absolute atomic E-state index is 0.195. The minimum Gasteiger partial charge on any atom is -0.396 e. The number of hydrogen-bond acceptors (Lipinski definition) is 5. The van der Waals surface area contributed by atoms with Crippen LogP contribution in [0.15, 0.2) is 4.52 Å². The van der Waals surface area contributed by atoms with E-state index in [1.165, 1.54) is 0 Å². The number of nitrogens with zero attached hydrogens (tertiary/aromatic N) is 2. The molecule has 0 saturated carbocycles. The van der Waals surface area contributed by atoms with Crippen molar-refractivity contribution in [3.05, 3.63) is 11.7 Å². The van der Waals surface area contributed by atoms with Crippen molar-refractivity contribution in [2.75, 3.05) is 12.4 Å². The number of aromatic nitrogens is 2. The summed E-state index contributed by atoms with van der Waals surface area (Å²) in [6.45, 7) is 2.27. The van der Waals surface area contributed by atoms with Crippen LogP contribution in [0.3, 0.4) is 0 Å². The van der Waals surface area contributed by atoms with Crippen LogP contribution in [0.2, 0.25) is 0 Å². The highest BCUT2D eigenvalue weighted by molar-refractivity contribution is 7.98. The fourth-order valence-electron chi connectivity index (χ4n) is 0.898. The molecule has 1 aromatic heterocycles. The van der Waals surface area contributed by atoms with Gasteiger partial charge in [0.15, 0.2) is 5.82 Å². The van der Waals surface area contributed by atoms with Crippen molar-refractivity contribution in [1.29, 1.82) is 0 Å². The van der Waals surface area contributed by atoms with Gasteiger partial charge in [0.1, 0.15) is 0 Å². The third kappa shape index (κ3) is 3.78. The molecule has 0 aliphatic rings. The highest BCUT2D eigenvalue weighted by atomic mass is 32.2. The van der Waals surface area contributed by atoms with Gasteiger partial charge in [0, 0.05) is 12.2 Å². The van der Waals surface area contributed by atoms with Gasteiger partial charge < -0.3 is 9.63 Å². The molecule has 1 aromatic rings. The van der Waals surface area contributed by atoms with Crippen LogP contribution in [0.4, 0.5) is 0 Å². The smallest absolute Gasteiger partial charge is 0.236 e. The van der Waals surface area contributed by atoms with Crippen LogP contribution >= 0.6 is 11.8 Å². The Morgan fingerprint density at radius 1 is 1.54 bits per heavy atom. The van der Waals surface area contributed by atoms with Crippen molar-refractivity contribution in [2.24, 2.45) is 0 Å². The maximum absolute atomic E-state index is 8.55. The van der Waals surface area contributed by atoms with E-state index >= 15 is 0 Å². The lowest BCUT2D eigenvalue weighted by Crippen LogP contribution is -1.89. The standard InChI is InChI=1S/C8H14N2O2S/c1-2-3-7-9-8(12-10-7)6-13-5-4-11/h11H,2-6H2,1H3. The van der Waals surface area contributed by atoms with Crippen molar-refractivity contribution >= 4 is 11.8 Å². The molecule has 0 spiro atoms. The monoisotopic (exact) mass is 202 g/mol. The molecule has 1 heterocycles. The predicted molar refractivity (Wildman–Crippen MR) is 51.5 cm³/mol. The third-order valence-electron chi connectivity index (χ3n) is 1.44. The Kier molecular flexibility index (Phi) is 4.85. The van der Waals surface area contributed by atoms with Gasteiger partial charge in [-0.25, -0.2) is 0 Å². The van der Waals surface area contributed by atoms with Gasteiger partial charge in [-0.15, -0.1) is 11.8 Å². The van der Waals surface area contributed by atoms with Crippen molar-refractivity contribution in [1.82, 2.24) is 10.1 Å². The molecule has 74 valence electrons. The van der Waals surface area contributed by atoms with Crippen LogP contribution in [-0.2, 0) is 12.2 Å². The summed E-state index contributed by atoms with van der Waals surface area (Å²) in [4.78, 5) is 4.19. The van der Waals surface area contributed by atoms with Gasteiger partial charge >= 0.3 is 0 Å². The molecule has 0 aliphatic heterocycles. The molecule has 13 heavy (non-hydrogen) atoms. The summed E-state index contributed by atoms with van der Waals surface area (Å²) in [5.74, 6) is 2.84. The maximum atomic E-state index is 8.55. The van der Waals surface area contributed by atoms with Crippen molar-refractivity contribution < 1.29 is 9.63 Å². The zero-order valence-electron chi connectivity index (χ0n) is 7.69. The first-order valence-electron chi connectivity index (χ1n) is 4.37. The number of hydrogen-bond donors (Lipinski definition) is 1. The number of rotatable bonds is 6. The van der Waals surface area contributed by atoms with Gasteiger partial charge in [-0.2, -0.15) is 4.98 Å². The molecule has 0 aromatic carbocycles. The van der Waals surface area contributed by atoms with Crippen molar-refractivity contribution in [2.45, 2.75) is 25.5 Å². The SMILES string of the molecule is CCCc1noc(CSCCO)n1. The minimum atomic E-state index is 0.195. The van der Waals surface area contributed by atoms with Crippen LogP contribution in [-0.4, -0.2) is 27.6 Å². The van der Waals surface area contributed by atoms with Crippen molar-refractivity contribution in [3.63, 3.8) is 0 Å². The normalized spacial score (nSPS) is 10.6. The Hall–Kier alpha value is -0.550. The lowest BCUT2D eigenvalue weighted by Gasteiger charge is -1.91. The van der Waals surface area contributed by atoms with E-state index in [2.05, 4.69) is 17.1 Å². The van der Waals surface area contributed by atoms with Crippen molar-refractivity contribution in [3.8, 4) is 0 Å². The van der Waals surface area contributed by atoms with Crippen LogP contribution < -0.4 is 0 Å². The first-order valence-corrected chi connectivity index (χ1v) is 5.52. The van der Waals surface area contributed by atoms with Gasteiger partial charge in [0.2, 0.25) is 5.89 Å². The highest BCUT2D eigenvalue weighted by Crippen LogP contribution is 2.09. The first-order chi connectivity index (χ1) is 6.36. The van der Waals surface area contributed by atoms with Gasteiger partial charge in [-0.05, 0) is 6.42 Å². The number of aliphatic hydroxyl groups excluding tert-OH is 1. The van der Waals surface area contributed by atoms with E-state index in [-0.39, 0.29) is 6.61 Å². The second-order valence-electron chi connectivity index (χ2n) is 2.63. The van der Waals surface area contributed by atoms with Gasteiger partial charge in [0.05, 0.1) is 12.4 Å². The summed E-state index contributed by atoms with van der Waals surface area (Å²) in [7, 11) is 0. The Morgan fingerprint density at radius 3 is 3.08 bits per heavy atom. The van der Waals surface area contributed by atoms with E-state index in [9.17, 15) is 0 Å². The van der Waals surface area contributed by atoms with E-state index in [1.54, 1.807) is 11.8 Å². The summed E-state index contributed by atoms with van der Waals surface area (Å²) in [5, 5.41) is 12.4. The van der Waals surface area contributed by atoms with E-state index in [4.69, 9.17) is 9.63 Å². The molecule has 5 heteroatoms. The highest BCUT2D eigenvalue weighted by Gasteiger charge is 2.04. The van der Waals surface area contributed by atoms with E-state index < -0.39 is 0 Å². The molecule has 0 amide bonds. The topological polar surface area (TPSA) is 59.2 Å². The molecule has 1 rings (SSSR count). The Bertz CT molecular complexity index is 240. The molecule has 0 atom stereocenters. The van der Waals surface area contributed by atoms with Gasteiger partial charge in [-0.1, -0.05) is 12.1 Å². The fraction of sp³-hybridized carbons (Fsp3) is 0.750. The van der Waals surface area contributed by atoms with Crippen LogP contribution in [0.25, 0.3) is 0 Å². The van der Waals surface area contributed by atoms with Crippen LogP contribution in [0, 0.1) is 0 Å². The zero-order valence-corrected chi connectivity index (χ0v) is 8.51. The zero-order chi connectivity index (χ0) is 9.52. The molecule has 0 aliphatic carbocycles. The van der Waals surface area contributed by atoms with E-state index in [0.717, 1.165) is 18.7 Å². The quantitative estimate of drug-likeness (QED) is 0.703. The second-order valence-corrected chi connectivity index (χ2v) is 3.74. The lowest BCUT2D eigenvalue weighted by molar-refractivity contribution is 0.322. The lowest BCUT2D eigenvalue weighted by atomic mass is 10.3. The van der Waals surface area contributed by atoms with Gasteiger partial charge in [-0.3, -0.25) is 0 Å². The fourth-order valence-corrected chi connectivity index (χ4v) is 1.46. The molecular formula is C8H14N2O2S. The number of aliphatic hydroxyl groups is 1. The predicted octanol–water partition coefficient (Wildman–Crippen LogP) is 1.25. The Morgan fingerprint density at radius 2 is 2.38 bits per heavy atom. The molecule has 0 bridgehead atoms. The summed E-state index contributed by atoms with van der Waals surface area (Å²) in [6, 6.07) is 0. The number of thioether (sulfide) groups is 1. The van der Waals surface area contributed by atoms with E-state index in [1.807, 2.05) is 0 Å². The molecule has 0 unspecified atom stereocenters. The molecule has 0 fully saturated rings. The van der Waals surface area contributed by atoms with Crippen LogP contribution in [0.5, 0.6) is 0 Å². The summed E-state index contributed by atoms with van der Waals surface area (Å²) in [5.41, 5.74) is 0. The molecule has 4 nitrogen and oxygen atoms in total. The first kappa shape index (κ1) is 10.5. The Balaban J connectivity index is 2.31. The molecular weight excluding hydrogens is 188 g/mol. The average molecular weight is 202 g/mol. The van der Waals surface area contributed by atoms with Gasteiger partial charge in [0.25, 0.3) is 0 Å². The molecule has 1 N–H and O–H groups in total. The molecule has 0 saturated heterocycles. The third-order valence-corrected chi connectivity index (χ3v) is 2.37. The number of aryl methyl sites for hydroxylation is 1. The average Bonchev–Trinajstić information content (AvgIpc) is 2.54. The maximum Gasteiger partial charge on any atom is 0.236 e. The summed E-state index contributed by atoms with van der Waals surface area (Å²) < 4.78 is 5.00.